The molecule has 0 saturated carbocycles. The van der Waals surface area contributed by atoms with Gasteiger partial charge in [0.2, 0.25) is 0 Å². The molecule has 36 heavy (non-hydrogen) atoms. The predicted molar refractivity (Wildman–Crippen MR) is 141 cm³/mol. The fourth-order valence-corrected chi connectivity index (χ4v) is 4.16. The number of nitrogens with one attached hydrogen (secondary N) is 1. The molecule has 1 saturated heterocycles. The molecule has 0 atom stereocenters. The van der Waals surface area contributed by atoms with E-state index in [9.17, 15) is 25.0 Å². The number of anilines is 1. The third-order valence-electron chi connectivity index (χ3n) is 4.89. The van der Waals surface area contributed by atoms with Crippen molar-refractivity contribution in [2.75, 3.05) is 25.0 Å². The molecule has 2 aromatic rings. The fourth-order valence-electron chi connectivity index (χ4n) is 3.14. The number of hydrogen-bond donors (Lipinski definition) is 1. The molecule has 1 N–H and O–H groups in total. The number of amides is 1. The van der Waals surface area contributed by atoms with Gasteiger partial charge in [-0.05, 0) is 77.5 Å². The number of aromatic nitrogens is 2. The van der Waals surface area contributed by atoms with E-state index in [2.05, 4.69) is 47.1 Å². The number of nitrogens with zero attached hydrogens (tertiary/aromatic N) is 5. The summed E-state index contributed by atoms with van der Waals surface area (Å²) in [6, 6.07) is 2.98. The van der Waals surface area contributed by atoms with Crippen molar-refractivity contribution in [2.24, 2.45) is 5.92 Å². The minimum Gasteiger partial charge on any atom is -0.444 e. The Morgan fingerprint density at radius 1 is 1.11 bits per heavy atom. The van der Waals surface area contributed by atoms with Crippen LogP contribution in [0.4, 0.5) is 21.9 Å². The molecule has 1 aliphatic heterocycles. The molecule has 196 valence electrons. The first kappa shape index (κ1) is 29.6. The van der Waals surface area contributed by atoms with Crippen molar-refractivity contribution >= 4 is 66.6 Å². The summed E-state index contributed by atoms with van der Waals surface area (Å²) in [6.45, 7) is 7.41. The second-order valence-corrected chi connectivity index (χ2v) is 10.8. The maximum Gasteiger partial charge on any atom is 0.410 e. The van der Waals surface area contributed by atoms with Crippen molar-refractivity contribution in [2.45, 2.75) is 39.2 Å². The molecule has 12 nitrogen and oxygen atoms in total. The molecule has 3 rings (SSSR count). The molecule has 1 fully saturated rings. The first-order chi connectivity index (χ1) is 16.8. The summed E-state index contributed by atoms with van der Waals surface area (Å²) >= 11 is 11.8. The monoisotopic (exact) mass is 650 g/mol. The van der Waals surface area contributed by atoms with E-state index in [4.69, 9.17) is 16.3 Å². The normalized spacial score (nSPS) is 13.9. The molecule has 0 bridgehead atoms. The summed E-state index contributed by atoms with van der Waals surface area (Å²) in [5.41, 5.74) is -0.283. The molecule has 3 heterocycles. The van der Waals surface area contributed by atoms with Gasteiger partial charge in [0.25, 0.3) is 0 Å². The van der Waals surface area contributed by atoms with Crippen LogP contribution in [0.25, 0.3) is 0 Å². The number of rotatable bonds is 5. The van der Waals surface area contributed by atoms with E-state index in [0.717, 1.165) is 19.0 Å². The van der Waals surface area contributed by atoms with Crippen molar-refractivity contribution in [3.63, 3.8) is 0 Å². The van der Waals surface area contributed by atoms with Crippen molar-refractivity contribution < 1.29 is 19.4 Å². The average molecular weight is 653 g/mol. The first-order valence-corrected chi connectivity index (χ1v) is 12.7. The zero-order valence-electron chi connectivity index (χ0n) is 19.7. The first-order valence-electron chi connectivity index (χ1n) is 10.7. The lowest BCUT2D eigenvalue weighted by atomic mass is 9.97. The van der Waals surface area contributed by atoms with Crippen LogP contribution in [0.15, 0.2) is 33.7 Å². The van der Waals surface area contributed by atoms with Gasteiger partial charge in [-0.2, -0.15) is 0 Å². The zero-order valence-corrected chi connectivity index (χ0v) is 23.7. The summed E-state index contributed by atoms with van der Waals surface area (Å²) in [6.07, 6.45) is 3.70. The molecule has 0 aromatic carbocycles. The van der Waals surface area contributed by atoms with Gasteiger partial charge in [0.15, 0.2) is 0 Å². The van der Waals surface area contributed by atoms with Gasteiger partial charge in [-0.15, -0.1) is 0 Å². The van der Waals surface area contributed by atoms with Crippen LogP contribution >= 0.6 is 43.5 Å². The highest BCUT2D eigenvalue weighted by Crippen LogP contribution is 2.28. The molecule has 0 unspecified atom stereocenters. The van der Waals surface area contributed by atoms with Gasteiger partial charge in [-0.3, -0.25) is 20.2 Å². The maximum atomic E-state index is 12.1. The molecule has 15 heteroatoms. The van der Waals surface area contributed by atoms with Crippen LogP contribution in [0, 0.1) is 26.1 Å². The molecular weight excluding hydrogens is 628 g/mol. The van der Waals surface area contributed by atoms with E-state index >= 15 is 0 Å². The number of nitro groups is 2. The largest absolute Gasteiger partial charge is 0.444 e. The lowest BCUT2D eigenvalue weighted by Gasteiger charge is -2.33. The minimum atomic E-state index is -0.582. The molecule has 1 aliphatic rings. The van der Waals surface area contributed by atoms with Crippen LogP contribution in [0.1, 0.15) is 33.6 Å². The Morgan fingerprint density at radius 2 is 1.64 bits per heavy atom. The Balaban J connectivity index is 0.000000346. The smallest absolute Gasteiger partial charge is 0.410 e. The number of piperidine rings is 1. The Hall–Kier alpha value is -2.58. The number of ether oxygens (including phenoxy) is 1. The van der Waals surface area contributed by atoms with Crippen LogP contribution in [0.3, 0.4) is 0 Å². The predicted octanol–water partition coefficient (Wildman–Crippen LogP) is 6.22. The number of pyridine rings is 2. The Bertz CT molecular complexity index is 1110. The van der Waals surface area contributed by atoms with E-state index in [1.165, 1.54) is 12.3 Å². The summed E-state index contributed by atoms with van der Waals surface area (Å²) in [5.74, 6) is 0.338. The number of carbonyl (C=O) groups excluding carboxylic acids is 1. The van der Waals surface area contributed by atoms with Gasteiger partial charge >= 0.3 is 17.5 Å². The maximum absolute atomic E-state index is 12.1. The number of halogens is 3. The third-order valence-corrected chi connectivity index (χ3v) is 6.06. The lowest BCUT2D eigenvalue weighted by molar-refractivity contribution is -0.385. The Morgan fingerprint density at radius 3 is 2.14 bits per heavy atom. The van der Waals surface area contributed by atoms with Crippen molar-refractivity contribution in [1.29, 1.82) is 0 Å². The minimum absolute atomic E-state index is 0.0469. The highest BCUT2D eigenvalue weighted by Gasteiger charge is 2.27. The van der Waals surface area contributed by atoms with E-state index in [0.29, 0.717) is 40.4 Å². The van der Waals surface area contributed by atoms with Gasteiger partial charge in [-0.25, -0.2) is 14.8 Å². The van der Waals surface area contributed by atoms with Crippen LogP contribution in [0.5, 0.6) is 0 Å². The van der Waals surface area contributed by atoms with Gasteiger partial charge in [0.1, 0.15) is 37.9 Å². The van der Waals surface area contributed by atoms with Gasteiger partial charge < -0.3 is 15.0 Å². The van der Waals surface area contributed by atoms with Gasteiger partial charge in [0.05, 0.1) is 9.85 Å². The highest BCUT2D eigenvalue weighted by molar-refractivity contribution is 9.10. The summed E-state index contributed by atoms with van der Waals surface area (Å²) in [7, 11) is 0. The SMILES string of the molecule is CC(C)(C)OC(=O)N1CCC(CNc2cc(Br)ncc2[N+](=O)[O-])CC1.O=[N+]([O-])c1cnc(Br)cc1Cl. The third kappa shape index (κ3) is 9.47. The molecule has 0 spiro atoms. The number of carbonyl (C=O) groups is 1. The van der Waals surface area contributed by atoms with Gasteiger partial charge in [-0.1, -0.05) is 11.6 Å². The van der Waals surface area contributed by atoms with Crippen LogP contribution in [-0.2, 0) is 4.74 Å². The lowest BCUT2D eigenvalue weighted by Crippen LogP contribution is -2.42. The molecule has 0 aliphatic carbocycles. The number of hydrogen-bond acceptors (Lipinski definition) is 9. The van der Waals surface area contributed by atoms with E-state index in [-0.39, 0.29) is 22.5 Å². The van der Waals surface area contributed by atoms with Crippen molar-refractivity contribution in [3.8, 4) is 0 Å². The average Bonchev–Trinajstić information content (AvgIpc) is 2.77. The second-order valence-electron chi connectivity index (χ2n) is 8.79. The molecule has 0 radical (unpaired) electrons. The summed E-state index contributed by atoms with van der Waals surface area (Å²) in [4.78, 5) is 41.6. The van der Waals surface area contributed by atoms with Crippen LogP contribution < -0.4 is 5.32 Å². The Labute approximate surface area is 229 Å². The van der Waals surface area contributed by atoms with Gasteiger partial charge in [0, 0.05) is 25.7 Å². The second kappa shape index (κ2) is 13.1. The fraction of sp³-hybridized carbons (Fsp3) is 0.476. The molecular formula is C21H25Br2ClN6O6. The molecule has 1 amide bonds. The van der Waals surface area contributed by atoms with Crippen molar-refractivity contribution in [1.82, 2.24) is 14.9 Å². The standard InChI is InChI=1S/C16H23BrN4O4.C5H2BrClN2O2/c1-16(2,3)25-15(22)20-6-4-11(5-7-20)9-18-12-8-14(17)19-10-13(12)21(23)24;6-5-1-3(7)4(2-8-5)9(10)11/h8,10-11H,4-7,9H2,1-3H3,(H,18,19);1-2H. The van der Waals surface area contributed by atoms with Crippen LogP contribution in [-0.4, -0.2) is 56.0 Å². The zero-order chi connectivity index (χ0) is 27.0. The highest BCUT2D eigenvalue weighted by atomic mass is 79.9. The van der Waals surface area contributed by atoms with E-state index < -0.39 is 15.4 Å². The Kier molecular flexibility index (Phi) is 10.8. The molecule has 2 aromatic heterocycles. The van der Waals surface area contributed by atoms with Crippen molar-refractivity contribution in [3.05, 3.63) is 59.0 Å². The number of likely N-dealkylation sites (tertiary alicyclic amines) is 1. The quantitative estimate of drug-likeness (QED) is 0.225. The topological polar surface area (TPSA) is 154 Å². The summed E-state index contributed by atoms with van der Waals surface area (Å²) < 4.78 is 6.40. The van der Waals surface area contributed by atoms with E-state index in [1.54, 1.807) is 11.0 Å². The van der Waals surface area contributed by atoms with Crippen LogP contribution in [0.2, 0.25) is 5.02 Å². The summed E-state index contributed by atoms with van der Waals surface area (Å²) in [5, 5.41) is 24.5. The van der Waals surface area contributed by atoms with E-state index in [1.807, 2.05) is 20.8 Å².